The molecule has 0 spiro atoms. The number of carbonyl (C=O) groups excluding carboxylic acids is 1. The fourth-order valence-electron chi connectivity index (χ4n) is 4.10. The van der Waals surface area contributed by atoms with Crippen LogP contribution in [0.4, 0.5) is 4.39 Å². The lowest BCUT2D eigenvalue weighted by atomic mass is 10.0. The van der Waals surface area contributed by atoms with Crippen LogP contribution < -0.4 is 21.3 Å². The fourth-order valence-corrected chi connectivity index (χ4v) is 5.15. The van der Waals surface area contributed by atoms with Crippen molar-refractivity contribution in [3.05, 3.63) is 61.4 Å². The van der Waals surface area contributed by atoms with E-state index < -0.39 is 34.6 Å². The number of thiophene rings is 1. The highest BCUT2D eigenvalue weighted by Gasteiger charge is 2.35. The average Bonchev–Trinajstić information content (AvgIpc) is 3.21. The van der Waals surface area contributed by atoms with Crippen LogP contribution in [0, 0.1) is 24.1 Å². The first-order valence-corrected chi connectivity index (χ1v) is 12.7. The number of amides is 1. The molecule has 0 bridgehead atoms. The predicted octanol–water partition coefficient (Wildman–Crippen LogP) is 3.61. The maximum Gasteiger partial charge on any atom is 0.333 e. The molecule has 11 heteroatoms. The van der Waals surface area contributed by atoms with Gasteiger partial charge in [0.15, 0.2) is 0 Å². The molecule has 9 nitrogen and oxygen atoms in total. The highest BCUT2D eigenvalue weighted by molar-refractivity contribution is 7.17. The van der Waals surface area contributed by atoms with E-state index in [1.165, 1.54) is 55.1 Å². The molecule has 0 aliphatic rings. The number of benzene rings is 1. The highest BCUT2D eigenvalue weighted by Crippen LogP contribution is 2.31. The summed E-state index contributed by atoms with van der Waals surface area (Å²) in [7, 11) is 1.44. The van der Waals surface area contributed by atoms with Crippen LogP contribution >= 0.6 is 11.3 Å². The number of halogens is 1. The van der Waals surface area contributed by atoms with E-state index in [-0.39, 0.29) is 25.6 Å². The number of fused-ring (bicyclic) bond motifs is 1. The van der Waals surface area contributed by atoms with Gasteiger partial charge < -0.3 is 14.8 Å². The van der Waals surface area contributed by atoms with Crippen LogP contribution in [0.15, 0.2) is 33.2 Å². The van der Waals surface area contributed by atoms with E-state index in [2.05, 4.69) is 5.32 Å². The maximum atomic E-state index is 14.3. The van der Waals surface area contributed by atoms with Crippen molar-refractivity contribution in [3.8, 4) is 11.8 Å². The summed E-state index contributed by atoms with van der Waals surface area (Å²) < 4.78 is 27.9. The molecule has 0 aliphatic heterocycles. The van der Waals surface area contributed by atoms with Crippen LogP contribution in [0.5, 0.6) is 5.75 Å². The van der Waals surface area contributed by atoms with Crippen molar-refractivity contribution >= 4 is 27.5 Å². The number of methoxy groups -OCH3 is 1. The van der Waals surface area contributed by atoms with E-state index in [1.807, 2.05) is 6.07 Å². The minimum atomic E-state index is -1.50. The standard InChI is InChI=1S/C26H31FN4O5S/c1-15(2)29-24(33)26(4,5)31-22(32)21-16(3)14-37-23(21)30(25(31)34)13-20(36-11-7-10-28)18-12-17(27)8-9-19(18)35-6/h8-9,12,14-15,20H,7,11,13H2,1-6H3,(H,29,33)/t20-/m0/s1. The van der Waals surface area contributed by atoms with Gasteiger partial charge in [-0.25, -0.2) is 13.8 Å². The Morgan fingerprint density at radius 3 is 2.62 bits per heavy atom. The van der Waals surface area contributed by atoms with Crippen LogP contribution in [-0.4, -0.2) is 34.8 Å². The summed E-state index contributed by atoms with van der Waals surface area (Å²) in [4.78, 5) is 40.9. The molecule has 37 heavy (non-hydrogen) atoms. The van der Waals surface area contributed by atoms with Crippen molar-refractivity contribution in [2.75, 3.05) is 13.7 Å². The van der Waals surface area contributed by atoms with Gasteiger partial charge in [0.05, 0.1) is 38.1 Å². The monoisotopic (exact) mass is 530 g/mol. The molecule has 3 aromatic rings. The summed E-state index contributed by atoms with van der Waals surface area (Å²) in [5, 5.41) is 13.9. The second kappa shape index (κ2) is 11.3. The van der Waals surface area contributed by atoms with E-state index in [9.17, 15) is 18.8 Å². The van der Waals surface area contributed by atoms with Gasteiger partial charge in [-0.3, -0.25) is 14.2 Å². The average molecular weight is 531 g/mol. The molecular formula is C26H31FN4O5S. The molecule has 0 saturated heterocycles. The molecule has 0 fully saturated rings. The third-order valence-electron chi connectivity index (χ3n) is 5.99. The Balaban J connectivity index is 2.27. The Bertz CT molecular complexity index is 1460. The van der Waals surface area contributed by atoms with Gasteiger partial charge in [-0.05, 0) is 63.8 Å². The third-order valence-corrected chi connectivity index (χ3v) is 7.11. The fraction of sp³-hybridized carbons (Fsp3) is 0.462. The Labute approximate surface area is 218 Å². The first kappa shape index (κ1) is 28.1. The van der Waals surface area contributed by atoms with E-state index >= 15 is 0 Å². The van der Waals surface area contributed by atoms with Gasteiger partial charge >= 0.3 is 5.69 Å². The molecule has 1 amide bonds. The van der Waals surface area contributed by atoms with E-state index in [0.29, 0.717) is 27.1 Å². The van der Waals surface area contributed by atoms with Crippen molar-refractivity contribution in [1.82, 2.24) is 14.5 Å². The zero-order chi connectivity index (χ0) is 27.5. The van der Waals surface area contributed by atoms with Crippen molar-refractivity contribution in [2.45, 2.75) is 65.3 Å². The van der Waals surface area contributed by atoms with E-state index in [0.717, 1.165) is 4.57 Å². The van der Waals surface area contributed by atoms with Crippen molar-refractivity contribution in [2.24, 2.45) is 0 Å². The lowest BCUT2D eigenvalue weighted by Crippen LogP contribution is -2.56. The first-order valence-electron chi connectivity index (χ1n) is 11.8. The summed E-state index contributed by atoms with van der Waals surface area (Å²) >= 11 is 1.22. The SMILES string of the molecule is COc1ccc(F)cc1[C@H](Cn1c(=O)n(C(C)(C)C(=O)NC(C)C)c(=O)c2c(C)csc21)OCCC#N. The van der Waals surface area contributed by atoms with Crippen LogP contribution in [0.2, 0.25) is 0 Å². The second-order valence-electron chi connectivity index (χ2n) is 9.47. The van der Waals surface area contributed by atoms with Crippen molar-refractivity contribution in [3.63, 3.8) is 0 Å². The summed E-state index contributed by atoms with van der Waals surface area (Å²) in [5.74, 6) is -0.653. The van der Waals surface area contributed by atoms with Gasteiger partial charge in [0.25, 0.3) is 5.56 Å². The van der Waals surface area contributed by atoms with Crippen LogP contribution in [0.25, 0.3) is 10.2 Å². The van der Waals surface area contributed by atoms with Gasteiger partial charge in [0, 0.05) is 11.6 Å². The molecule has 2 heterocycles. The Morgan fingerprint density at radius 2 is 2.00 bits per heavy atom. The summed E-state index contributed by atoms with van der Waals surface area (Å²) in [6, 6.07) is 5.76. The maximum absolute atomic E-state index is 14.3. The number of hydrogen-bond donors (Lipinski definition) is 1. The molecule has 1 atom stereocenters. The largest absolute Gasteiger partial charge is 0.496 e. The van der Waals surface area contributed by atoms with Crippen LogP contribution in [0.3, 0.4) is 0 Å². The molecular weight excluding hydrogens is 499 g/mol. The van der Waals surface area contributed by atoms with Crippen molar-refractivity contribution in [1.29, 1.82) is 5.26 Å². The van der Waals surface area contributed by atoms with E-state index in [4.69, 9.17) is 14.7 Å². The number of aromatic nitrogens is 2. The molecule has 0 aliphatic carbocycles. The summed E-state index contributed by atoms with van der Waals surface area (Å²) in [6.07, 6.45) is -0.806. The van der Waals surface area contributed by atoms with Gasteiger partial charge in [0.1, 0.15) is 28.0 Å². The zero-order valence-corrected chi connectivity index (χ0v) is 22.6. The third kappa shape index (κ3) is 5.60. The molecule has 1 aromatic carbocycles. The predicted molar refractivity (Wildman–Crippen MR) is 140 cm³/mol. The number of rotatable bonds is 10. The van der Waals surface area contributed by atoms with Gasteiger partial charge in [0.2, 0.25) is 5.91 Å². The minimum Gasteiger partial charge on any atom is -0.496 e. The number of carbonyl (C=O) groups is 1. The lowest BCUT2D eigenvalue weighted by Gasteiger charge is -2.28. The smallest absolute Gasteiger partial charge is 0.333 e. The number of nitrogens with one attached hydrogen (secondary N) is 1. The van der Waals surface area contributed by atoms with Crippen LogP contribution in [-0.2, 0) is 21.6 Å². The number of aryl methyl sites for hydroxylation is 1. The lowest BCUT2D eigenvalue weighted by molar-refractivity contribution is -0.129. The molecule has 0 radical (unpaired) electrons. The molecule has 0 unspecified atom stereocenters. The Morgan fingerprint density at radius 1 is 1.30 bits per heavy atom. The van der Waals surface area contributed by atoms with Gasteiger partial charge in [-0.15, -0.1) is 11.3 Å². The number of nitriles is 1. The molecule has 3 rings (SSSR count). The topological polar surface area (TPSA) is 115 Å². The molecule has 198 valence electrons. The second-order valence-corrected chi connectivity index (χ2v) is 10.3. The Hall–Kier alpha value is -3.49. The summed E-state index contributed by atoms with van der Waals surface area (Å²) in [6.45, 7) is 8.29. The first-order chi connectivity index (χ1) is 17.4. The zero-order valence-electron chi connectivity index (χ0n) is 21.8. The van der Waals surface area contributed by atoms with Gasteiger partial charge in [-0.1, -0.05) is 0 Å². The van der Waals surface area contributed by atoms with E-state index in [1.54, 1.807) is 26.2 Å². The number of hydrogen-bond acceptors (Lipinski definition) is 7. The Kier molecular flexibility index (Phi) is 8.56. The highest BCUT2D eigenvalue weighted by atomic mass is 32.1. The molecule has 1 N–H and O–H groups in total. The summed E-state index contributed by atoms with van der Waals surface area (Å²) in [5.41, 5.74) is -1.76. The number of ether oxygens (including phenoxy) is 2. The van der Waals surface area contributed by atoms with Crippen LogP contribution in [0.1, 0.15) is 51.3 Å². The van der Waals surface area contributed by atoms with Gasteiger partial charge in [-0.2, -0.15) is 5.26 Å². The number of nitrogens with zero attached hydrogens (tertiary/aromatic N) is 3. The quantitative estimate of drug-likeness (QED) is 0.401. The van der Waals surface area contributed by atoms with Crippen molar-refractivity contribution < 1.29 is 18.7 Å². The molecule has 2 aromatic heterocycles. The normalized spacial score (nSPS) is 12.5. The minimum absolute atomic E-state index is 0.0319. The molecule has 0 saturated carbocycles.